The first-order chi connectivity index (χ1) is 8.13. The van der Waals surface area contributed by atoms with Gasteiger partial charge in [0.1, 0.15) is 5.75 Å². The second kappa shape index (κ2) is 5.65. The molecular formula is C13H14BrNOS. The van der Waals surface area contributed by atoms with E-state index in [0.717, 1.165) is 16.0 Å². The quantitative estimate of drug-likeness (QED) is 0.801. The Kier molecular flexibility index (Phi) is 4.18. The number of benzene rings is 1. The van der Waals surface area contributed by atoms with Crippen LogP contribution in [0.2, 0.25) is 0 Å². The van der Waals surface area contributed by atoms with Crippen LogP contribution in [0.1, 0.15) is 19.4 Å². The molecule has 0 spiro atoms. The zero-order chi connectivity index (χ0) is 12.3. The molecule has 1 heterocycles. The predicted octanol–water partition coefficient (Wildman–Crippen LogP) is 4.90. The normalized spacial score (nSPS) is 10.8. The van der Waals surface area contributed by atoms with Gasteiger partial charge in [0.2, 0.25) is 0 Å². The Morgan fingerprint density at radius 3 is 2.53 bits per heavy atom. The Balaban J connectivity index is 2.03. The van der Waals surface area contributed by atoms with Crippen molar-refractivity contribution in [3.05, 3.63) is 39.8 Å². The van der Waals surface area contributed by atoms with Gasteiger partial charge in [-0.2, -0.15) is 0 Å². The van der Waals surface area contributed by atoms with Crippen LogP contribution in [0.25, 0.3) is 0 Å². The summed E-state index contributed by atoms with van der Waals surface area (Å²) < 4.78 is 6.61. The highest BCUT2D eigenvalue weighted by molar-refractivity contribution is 9.11. The van der Waals surface area contributed by atoms with Crippen LogP contribution in [0, 0.1) is 5.92 Å². The minimum atomic E-state index is 0.661. The SMILES string of the molecule is CC(C)Cc1ccc(Oc2ncc(Br)s2)cc1. The lowest BCUT2D eigenvalue weighted by molar-refractivity contribution is 0.478. The zero-order valence-corrected chi connectivity index (χ0v) is 12.2. The Bertz CT molecular complexity index is 478. The van der Waals surface area contributed by atoms with Crippen molar-refractivity contribution >= 4 is 27.3 Å². The Morgan fingerprint density at radius 2 is 2.00 bits per heavy atom. The molecule has 0 aliphatic rings. The standard InChI is InChI=1S/C13H14BrNOS/c1-9(2)7-10-3-5-11(6-4-10)16-13-15-8-12(14)17-13/h3-6,8-9H,7H2,1-2H3. The van der Waals surface area contributed by atoms with Crippen molar-refractivity contribution in [2.24, 2.45) is 5.92 Å². The van der Waals surface area contributed by atoms with E-state index in [1.807, 2.05) is 12.1 Å². The van der Waals surface area contributed by atoms with E-state index in [-0.39, 0.29) is 0 Å². The molecule has 0 aliphatic carbocycles. The van der Waals surface area contributed by atoms with Gasteiger partial charge in [0, 0.05) is 0 Å². The van der Waals surface area contributed by atoms with Crippen molar-refractivity contribution in [3.8, 4) is 10.9 Å². The summed E-state index contributed by atoms with van der Waals surface area (Å²) in [6.45, 7) is 4.44. The van der Waals surface area contributed by atoms with Crippen LogP contribution in [0.4, 0.5) is 0 Å². The number of ether oxygens (including phenoxy) is 1. The van der Waals surface area contributed by atoms with E-state index in [4.69, 9.17) is 4.74 Å². The number of aromatic nitrogens is 1. The first kappa shape index (κ1) is 12.6. The fourth-order valence-electron chi connectivity index (χ4n) is 1.55. The van der Waals surface area contributed by atoms with Crippen LogP contribution in [0.3, 0.4) is 0 Å². The van der Waals surface area contributed by atoms with Crippen molar-refractivity contribution in [1.29, 1.82) is 0 Å². The highest BCUT2D eigenvalue weighted by Crippen LogP contribution is 2.29. The first-order valence-electron chi connectivity index (χ1n) is 5.51. The first-order valence-corrected chi connectivity index (χ1v) is 7.12. The summed E-state index contributed by atoms with van der Waals surface area (Å²) in [5.74, 6) is 1.51. The third-order valence-electron chi connectivity index (χ3n) is 2.23. The highest BCUT2D eigenvalue weighted by atomic mass is 79.9. The fourth-order valence-corrected chi connectivity index (χ4v) is 2.59. The van der Waals surface area contributed by atoms with Gasteiger partial charge in [0.05, 0.1) is 9.98 Å². The van der Waals surface area contributed by atoms with Crippen molar-refractivity contribution < 1.29 is 4.74 Å². The van der Waals surface area contributed by atoms with Gasteiger partial charge in [-0.15, -0.1) is 0 Å². The molecule has 0 fully saturated rings. The van der Waals surface area contributed by atoms with Crippen molar-refractivity contribution in [2.45, 2.75) is 20.3 Å². The second-order valence-electron chi connectivity index (χ2n) is 4.27. The maximum absolute atomic E-state index is 5.64. The van der Waals surface area contributed by atoms with Gasteiger partial charge < -0.3 is 4.74 Å². The van der Waals surface area contributed by atoms with E-state index in [2.05, 4.69) is 46.9 Å². The summed E-state index contributed by atoms with van der Waals surface area (Å²) in [6, 6.07) is 8.20. The molecule has 0 N–H and O–H groups in total. The molecule has 2 nitrogen and oxygen atoms in total. The maximum atomic E-state index is 5.64. The van der Waals surface area contributed by atoms with Gasteiger partial charge >= 0.3 is 0 Å². The highest BCUT2D eigenvalue weighted by Gasteiger charge is 2.03. The van der Waals surface area contributed by atoms with E-state index in [0.29, 0.717) is 11.1 Å². The molecule has 0 bridgehead atoms. The Labute approximate surface area is 114 Å². The summed E-state index contributed by atoms with van der Waals surface area (Å²) in [6.07, 6.45) is 2.84. The largest absolute Gasteiger partial charge is 0.431 e. The van der Waals surface area contributed by atoms with Gasteiger partial charge in [-0.25, -0.2) is 4.98 Å². The summed E-state index contributed by atoms with van der Waals surface area (Å²) in [5.41, 5.74) is 1.34. The molecule has 0 amide bonds. The monoisotopic (exact) mass is 311 g/mol. The van der Waals surface area contributed by atoms with Gasteiger partial charge in [0.25, 0.3) is 5.19 Å². The summed E-state index contributed by atoms with van der Waals surface area (Å²) >= 11 is 4.84. The van der Waals surface area contributed by atoms with Crippen LogP contribution >= 0.6 is 27.3 Å². The van der Waals surface area contributed by atoms with Crippen LogP contribution in [0.5, 0.6) is 10.9 Å². The number of rotatable bonds is 4. The van der Waals surface area contributed by atoms with Crippen molar-refractivity contribution in [3.63, 3.8) is 0 Å². The molecule has 0 saturated carbocycles. The third kappa shape index (κ3) is 3.82. The molecular weight excluding hydrogens is 298 g/mol. The molecule has 4 heteroatoms. The van der Waals surface area contributed by atoms with E-state index in [1.54, 1.807) is 6.20 Å². The molecule has 0 atom stereocenters. The van der Waals surface area contributed by atoms with Gasteiger partial charge in [-0.3, -0.25) is 0 Å². The molecule has 2 aromatic rings. The maximum Gasteiger partial charge on any atom is 0.279 e. The van der Waals surface area contributed by atoms with Crippen LogP contribution in [-0.4, -0.2) is 4.98 Å². The predicted molar refractivity (Wildman–Crippen MR) is 74.9 cm³/mol. The van der Waals surface area contributed by atoms with E-state index >= 15 is 0 Å². The van der Waals surface area contributed by atoms with E-state index < -0.39 is 0 Å². The number of nitrogens with zero attached hydrogens (tertiary/aromatic N) is 1. The molecule has 0 radical (unpaired) electrons. The molecule has 1 aromatic heterocycles. The lowest BCUT2D eigenvalue weighted by Crippen LogP contribution is -1.93. The van der Waals surface area contributed by atoms with Gasteiger partial charge in [0.15, 0.2) is 0 Å². The van der Waals surface area contributed by atoms with Gasteiger partial charge in [-0.05, 0) is 46.0 Å². The lowest BCUT2D eigenvalue weighted by atomic mass is 10.0. The minimum Gasteiger partial charge on any atom is -0.431 e. The van der Waals surface area contributed by atoms with Crippen molar-refractivity contribution in [2.75, 3.05) is 0 Å². The Hall–Kier alpha value is -0.870. The topological polar surface area (TPSA) is 22.1 Å². The van der Waals surface area contributed by atoms with Gasteiger partial charge in [-0.1, -0.05) is 37.3 Å². The molecule has 90 valence electrons. The minimum absolute atomic E-state index is 0.661. The molecule has 0 unspecified atom stereocenters. The van der Waals surface area contributed by atoms with Crippen LogP contribution < -0.4 is 4.74 Å². The average Bonchev–Trinajstić information content (AvgIpc) is 2.66. The number of halogens is 1. The fraction of sp³-hybridized carbons (Fsp3) is 0.308. The van der Waals surface area contributed by atoms with Crippen molar-refractivity contribution in [1.82, 2.24) is 4.98 Å². The van der Waals surface area contributed by atoms with Crippen LogP contribution in [0.15, 0.2) is 34.2 Å². The summed E-state index contributed by atoms with van der Waals surface area (Å²) in [4.78, 5) is 4.13. The average molecular weight is 312 g/mol. The zero-order valence-electron chi connectivity index (χ0n) is 9.81. The summed E-state index contributed by atoms with van der Waals surface area (Å²) in [5, 5.41) is 0.661. The molecule has 2 rings (SSSR count). The Morgan fingerprint density at radius 1 is 1.29 bits per heavy atom. The molecule has 0 saturated heterocycles. The number of hydrogen-bond donors (Lipinski definition) is 0. The van der Waals surface area contributed by atoms with E-state index in [9.17, 15) is 0 Å². The summed E-state index contributed by atoms with van der Waals surface area (Å²) in [7, 11) is 0. The number of hydrogen-bond acceptors (Lipinski definition) is 3. The molecule has 17 heavy (non-hydrogen) atoms. The van der Waals surface area contributed by atoms with E-state index in [1.165, 1.54) is 16.9 Å². The van der Waals surface area contributed by atoms with Crippen LogP contribution in [-0.2, 0) is 6.42 Å². The molecule has 1 aromatic carbocycles. The molecule has 0 aliphatic heterocycles. The second-order valence-corrected chi connectivity index (χ2v) is 6.65. The smallest absolute Gasteiger partial charge is 0.279 e. The number of thiazole rings is 1. The lowest BCUT2D eigenvalue weighted by Gasteiger charge is -2.06. The third-order valence-corrected chi connectivity index (χ3v) is 3.58.